The maximum Gasteiger partial charge on any atom is 0.433 e. The van der Waals surface area contributed by atoms with Gasteiger partial charge >= 0.3 is 6.18 Å². The van der Waals surface area contributed by atoms with Crippen molar-refractivity contribution >= 4 is 34.8 Å². The van der Waals surface area contributed by atoms with Crippen molar-refractivity contribution in [1.82, 2.24) is 19.9 Å². The number of halogens is 5. The molecule has 0 unspecified atom stereocenters. The van der Waals surface area contributed by atoms with Crippen LogP contribution in [0.2, 0.25) is 10.0 Å². The van der Waals surface area contributed by atoms with Crippen molar-refractivity contribution in [3.05, 3.63) is 51.8 Å². The number of carbonyl (C=O) groups is 1. The second-order valence-electron chi connectivity index (χ2n) is 5.70. The summed E-state index contributed by atoms with van der Waals surface area (Å²) >= 11 is 11.8. The van der Waals surface area contributed by atoms with Gasteiger partial charge in [-0.2, -0.15) is 18.3 Å². The molecule has 3 rings (SSSR count). The van der Waals surface area contributed by atoms with Gasteiger partial charge in [-0.1, -0.05) is 29.3 Å². The Morgan fingerprint density at radius 3 is 2.61 bits per heavy atom. The smallest absolute Gasteiger partial charge is 0.383 e. The quantitative estimate of drug-likeness (QED) is 0.616. The second kappa shape index (κ2) is 7.94. The van der Waals surface area contributed by atoms with Crippen LogP contribution in [0.4, 0.5) is 13.2 Å². The van der Waals surface area contributed by atoms with Crippen LogP contribution >= 0.6 is 23.2 Å². The van der Waals surface area contributed by atoms with Gasteiger partial charge in [-0.3, -0.25) is 4.79 Å². The van der Waals surface area contributed by atoms with E-state index in [1.54, 1.807) is 0 Å². The molecule has 1 aromatic carbocycles. The summed E-state index contributed by atoms with van der Waals surface area (Å²) in [6.45, 7) is 0.448. The van der Waals surface area contributed by atoms with Gasteiger partial charge < -0.3 is 10.1 Å². The summed E-state index contributed by atoms with van der Waals surface area (Å²) in [7, 11) is 1.46. The van der Waals surface area contributed by atoms with Gasteiger partial charge in [0.2, 0.25) is 0 Å². The molecule has 0 spiro atoms. The number of rotatable bonds is 5. The van der Waals surface area contributed by atoms with Crippen LogP contribution in [0.5, 0.6) is 0 Å². The first-order valence-corrected chi connectivity index (χ1v) is 8.67. The Bertz CT molecular complexity index is 1040. The molecule has 0 aliphatic carbocycles. The maximum atomic E-state index is 13.6. The predicted octanol–water partition coefficient (Wildman–Crippen LogP) is 4.10. The van der Waals surface area contributed by atoms with Crippen molar-refractivity contribution < 1.29 is 22.7 Å². The number of nitrogens with one attached hydrogen (secondary N) is 1. The van der Waals surface area contributed by atoms with Crippen LogP contribution in [0.1, 0.15) is 16.2 Å². The molecule has 2 aromatic heterocycles. The summed E-state index contributed by atoms with van der Waals surface area (Å²) in [5.74, 6) is -0.633. The van der Waals surface area contributed by atoms with Crippen molar-refractivity contribution in [3.8, 4) is 11.3 Å². The van der Waals surface area contributed by atoms with Gasteiger partial charge in [-0.05, 0) is 18.2 Å². The Kier molecular flexibility index (Phi) is 5.78. The summed E-state index contributed by atoms with van der Waals surface area (Å²) < 4.78 is 46.1. The van der Waals surface area contributed by atoms with Crippen molar-refractivity contribution in [1.29, 1.82) is 0 Å². The van der Waals surface area contributed by atoms with E-state index in [9.17, 15) is 18.0 Å². The lowest BCUT2D eigenvalue weighted by Crippen LogP contribution is -2.27. The number of carbonyl (C=O) groups excluding carboxylic acids is 1. The largest absolute Gasteiger partial charge is 0.433 e. The minimum Gasteiger partial charge on any atom is -0.383 e. The predicted molar refractivity (Wildman–Crippen MR) is 97.7 cm³/mol. The fraction of sp³-hybridized carbons (Fsp3) is 0.235. The average Bonchev–Trinajstić information content (AvgIpc) is 3.06. The molecule has 0 aliphatic rings. The highest BCUT2D eigenvalue weighted by atomic mass is 35.5. The Morgan fingerprint density at radius 2 is 1.96 bits per heavy atom. The van der Waals surface area contributed by atoms with Crippen LogP contribution in [-0.4, -0.2) is 40.8 Å². The molecule has 1 N–H and O–H groups in total. The van der Waals surface area contributed by atoms with Crippen LogP contribution in [0.3, 0.4) is 0 Å². The number of fused-ring (bicyclic) bond motifs is 1. The first kappa shape index (κ1) is 20.4. The molecule has 3 aromatic rings. The number of aromatic nitrogens is 3. The van der Waals surface area contributed by atoms with Gasteiger partial charge in [0.05, 0.1) is 22.3 Å². The standard InChI is InChI=1S/C17H13Cl2F3N4O2/c1-28-5-4-23-16(27)13-8-15-24-12(9-2-3-10(18)11(19)6-9)7-14(17(20,21)22)26(15)25-13/h2-3,6-8H,4-5H2,1H3,(H,23,27). The first-order valence-electron chi connectivity index (χ1n) is 7.91. The third kappa shape index (κ3) is 4.21. The van der Waals surface area contributed by atoms with Gasteiger partial charge in [0.25, 0.3) is 5.91 Å². The molecule has 0 aliphatic heterocycles. The molecule has 0 fully saturated rings. The molecule has 0 saturated carbocycles. The monoisotopic (exact) mass is 432 g/mol. The third-order valence-electron chi connectivity index (χ3n) is 3.76. The van der Waals surface area contributed by atoms with E-state index in [-0.39, 0.29) is 40.2 Å². The Hall–Kier alpha value is -2.36. The highest BCUT2D eigenvalue weighted by Gasteiger charge is 2.35. The fourth-order valence-electron chi connectivity index (χ4n) is 2.45. The van der Waals surface area contributed by atoms with E-state index >= 15 is 0 Å². The summed E-state index contributed by atoms with van der Waals surface area (Å²) in [6, 6.07) is 6.40. The zero-order valence-electron chi connectivity index (χ0n) is 14.3. The molecule has 28 heavy (non-hydrogen) atoms. The van der Waals surface area contributed by atoms with E-state index in [4.69, 9.17) is 27.9 Å². The fourth-order valence-corrected chi connectivity index (χ4v) is 2.75. The summed E-state index contributed by atoms with van der Waals surface area (Å²) in [5.41, 5.74) is -1.04. The number of hydrogen-bond donors (Lipinski definition) is 1. The van der Waals surface area contributed by atoms with E-state index in [0.29, 0.717) is 10.1 Å². The molecule has 1 amide bonds. The van der Waals surface area contributed by atoms with Gasteiger partial charge in [-0.15, -0.1) is 0 Å². The third-order valence-corrected chi connectivity index (χ3v) is 4.50. The van der Waals surface area contributed by atoms with Crippen molar-refractivity contribution in [3.63, 3.8) is 0 Å². The Labute approximate surface area is 167 Å². The first-order chi connectivity index (χ1) is 13.2. The number of methoxy groups -OCH3 is 1. The molecule has 11 heteroatoms. The number of benzene rings is 1. The summed E-state index contributed by atoms with van der Waals surface area (Å²) in [5, 5.41) is 6.70. The number of ether oxygens (including phenoxy) is 1. The Balaban J connectivity index is 2.10. The van der Waals surface area contributed by atoms with Gasteiger partial charge in [0.15, 0.2) is 17.0 Å². The zero-order chi connectivity index (χ0) is 20.5. The van der Waals surface area contributed by atoms with Gasteiger partial charge in [-0.25, -0.2) is 9.50 Å². The lowest BCUT2D eigenvalue weighted by Gasteiger charge is -2.11. The van der Waals surface area contributed by atoms with E-state index in [0.717, 1.165) is 6.07 Å². The van der Waals surface area contributed by atoms with E-state index < -0.39 is 17.8 Å². The van der Waals surface area contributed by atoms with E-state index in [2.05, 4.69) is 15.4 Å². The second-order valence-corrected chi connectivity index (χ2v) is 6.52. The lowest BCUT2D eigenvalue weighted by atomic mass is 10.1. The van der Waals surface area contributed by atoms with Crippen LogP contribution < -0.4 is 5.32 Å². The molecule has 0 radical (unpaired) electrons. The van der Waals surface area contributed by atoms with Gasteiger partial charge in [0.1, 0.15) is 0 Å². The molecular weight excluding hydrogens is 420 g/mol. The maximum absolute atomic E-state index is 13.6. The molecule has 148 valence electrons. The number of nitrogens with zero attached hydrogens (tertiary/aromatic N) is 3. The van der Waals surface area contributed by atoms with Crippen molar-refractivity contribution in [2.45, 2.75) is 6.18 Å². The van der Waals surface area contributed by atoms with Crippen LogP contribution in [0.25, 0.3) is 16.9 Å². The van der Waals surface area contributed by atoms with Crippen LogP contribution in [-0.2, 0) is 10.9 Å². The van der Waals surface area contributed by atoms with E-state index in [1.807, 2.05) is 0 Å². The molecule has 6 nitrogen and oxygen atoms in total. The molecule has 0 saturated heterocycles. The van der Waals surface area contributed by atoms with Gasteiger partial charge in [0, 0.05) is 25.3 Å². The minimum absolute atomic E-state index is 0.0182. The normalized spacial score (nSPS) is 11.8. The zero-order valence-corrected chi connectivity index (χ0v) is 15.9. The summed E-state index contributed by atoms with van der Waals surface area (Å²) in [4.78, 5) is 16.3. The number of alkyl halides is 3. The highest BCUT2D eigenvalue weighted by Crippen LogP contribution is 2.34. The van der Waals surface area contributed by atoms with Crippen LogP contribution in [0, 0.1) is 0 Å². The minimum atomic E-state index is -4.72. The number of amides is 1. The molecular formula is C17H13Cl2F3N4O2. The molecule has 0 bridgehead atoms. The topological polar surface area (TPSA) is 68.5 Å². The molecule has 2 heterocycles. The molecule has 0 atom stereocenters. The van der Waals surface area contributed by atoms with Crippen molar-refractivity contribution in [2.24, 2.45) is 0 Å². The average molecular weight is 433 g/mol. The summed E-state index contributed by atoms with van der Waals surface area (Å²) in [6.07, 6.45) is -4.72. The van der Waals surface area contributed by atoms with Crippen LogP contribution in [0.15, 0.2) is 30.3 Å². The Morgan fingerprint density at radius 1 is 1.21 bits per heavy atom. The number of hydrogen-bond acceptors (Lipinski definition) is 4. The van der Waals surface area contributed by atoms with E-state index in [1.165, 1.54) is 31.4 Å². The lowest BCUT2D eigenvalue weighted by molar-refractivity contribution is -0.142. The SMILES string of the molecule is COCCNC(=O)c1cc2nc(-c3ccc(Cl)c(Cl)c3)cc(C(F)(F)F)n2n1. The van der Waals surface area contributed by atoms with Crippen molar-refractivity contribution in [2.75, 3.05) is 20.3 Å². The highest BCUT2D eigenvalue weighted by molar-refractivity contribution is 6.42.